The fraction of sp³-hybridized carbons (Fsp3) is 0.235. The monoisotopic (exact) mass is 299 g/mol. The maximum absolute atomic E-state index is 11.9. The van der Waals surface area contributed by atoms with Crippen LogP contribution in [0.2, 0.25) is 0 Å². The quantitative estimate of drug-likeness (QED) is 0.833. The predicted octanol–water partition coefficient (Wildman–Crippen LogP) is 2.34. The fourth-order valence-corrected chi connectivity index (χ4v) is 2.51. The number of aliphatic hydroxyl groups is 1. The molecule has 108 valence electrons. The van der Waals surface area contributed by atoms with E-state index >= 15 is 0 Å². The summed E-state index contributed by atoms with van der Waals surface area (Å²) in [6, 6.07) is 9.67. The smallest absolute Gasteiger partial charge is 0.224 e. The fourth-order valence-electron chi connectivity index (χ4n) is 1.84. The molecule has 1 aromatic heterocycles. The molecule has 2 N–H and O–H groups in total. The van der Waals surface area contributed by atoms with Gasteiger partial charge in [0.1, 0.15) is 0 Å². The van der Waals surface area contributed by atoms with Crippen molar-refractivity contribution in [1.82, 2.24) is 5.32 Å². The molecule has 0 aliphatic rings. The average Bonchev–Trinajstić information content (AvgIpc) is 2.99. The van der Waals surface area contributed by atoms with Crippen LogP contribution in [0, 0.1) is 11.8 Å². The normalized spacial score (nSPS) is 9.76. The third-order valence-corrected chi connectivity index (χ3v) is 3.63. The van der Waals surface area contributed by atoms with E-state index in [9.17, 15) is 4.79 Å². The lowest BCUT2D eigenvalue weighted by atomic mass is 10.1. The molecule has 21 heavy (non-hydrogen) atoms. The maximum Gasteiger partial charge on any atom is 0.224 e. The summed E-state index contributed by atoms with van der Waals surface area (Å²) in [5.41, 5.74) is 2.91. The molecule has 0 atom stereocenters. The SMILES string of the molecule is O=C(Cc1ccsc1)NCc1ccccc1C#CCCO. The van der Waals surface area contributed by atoms with Crippen LogP contribution in [0.4, 0.5) is 0 Å². The Labute approximate surface area is 128 Å². The average molecular weight is 299 g/mol. The molecule has 1 heterocycles. The number of hydrogen-bond acceptors (Lipinski definition) is 3. The summed E-state index contributed by atoms with van der Waals surface area (Å²) in [5, 5.41) is 15.6. The van der Waals surface area contributed by atoms with Crippen molar-refractivity contribution >= 4 is 17.2 Å². The van der Waals surface area contributed by atoms with Crippen LogP contribution in [0.3, 0.4) is 0 Å². The van der Waals surface area contributed by atoms with Crippen LogP contribution < -0.4 is 5.32 Å². The van der Waals surface area contributed by atoms with Crippen molar-refractivity contribution in [3.8, 4) is 11.8 Å². The molecule has 0 saturated heterocycles. The topological polar surface area (TPSA) is 49.3 Å². The zero-order chi connectivity index (χ0) is 14.9. The van der Waals surface area contributed by atoms with Crippen molar-refractivity contribution in [1.29, 1.82) is 0 Å². The van der Waals surface area contributed by atoms with Crippen molar-refractivity contribution < 1.29 is 9.90 Å². The largest absolute Gasteiger partial charge is 0.395 e. The van der Waals surface area contributed by atoms with Gasteiger partial charge < -0.3 is 10.4 Å². The number of aliphatic hydroxyl groups excluding tert-OH is 1. The Morgan fingerprint density at radius 3 is 2.90 bits per heavy atom. The first-order valence-electron chi connectivity index (χ1n) is 6.75. The van der Waals surface area contributed by atoms with E-state index in [1.807, 2.05) is 41.1 Å². The lowest BCUT2D eigenvalue weighted by Gasteiger charge is -2.07. The van der Waals surface area contributed by atoms with Gasteiger partial charge in [0.15, 0.2) is 0 Å². The van der Waals surface area contributed by atoms with E-state index in [-0.39, 0.29) is 12.5 Å². The van der Waals surface area contributed by atoms with Crippen LogP contribution in [-0.4, -0.2) is 17.6 Å². The third-order valence-electron chi connectivity index (χ3n) is 2.90. The number of hydrogen-bond donors (Lipinski definition) is 2. The van der Waals surface area contributed by atoms with Crippen molar-refractivity contribution in [2.45, 2.75) is 19.4 Å². The molecule has 0 aliphatic carbocycles. The van der Waals surface area contributed by atoms with Crippen LogP contribution in [-0.2, 0) is 17.8 Å². The molecule has 3 nitrogen and oxygen atoms in total. The highest BCUT2D eigenvalue weighted by Crippen LogP contribution is 2.09. The minimum Gasteiger partial charge on any atom is -0.395 e. The van der Waals surface area contributed by atoms with Crippen LogP contribution >= 0.6 is 11.3 Å². The van der Waals surface area contributed by atoms with Crippen LogP contribution in [0.5, 0.6) is 0 Å². The van der Waals surface area contributed by atoms with Gasteiger partial charge in [0, 0.05) is 18.5 Å². The molecule has 0 fully saturated rings. The molecule has 2 rings (SSSR count). The molecule has 1 aromatic carbocycles. The first-order valence-corrected chi connectivity index (χ1v) is 7.69. The summed E-state index contributed by atoms with van der Waals surface area (Å²) >= 11 is 1.59. The number of benzene rings is 1. The lowest BCUT2D eigenvalue weighted by molar-refractivity contribution is -0.120. The van der Waals surface area contributed by atoms with E-state index in [1.165, 1.54) is 0 Å². The maximum atomic E-state index is 11.9. The molecule has 0 aliphatic heterocycles. The van der Waals surface area contributed by atoms with Crippen molar-refractivity contribution in [3.63, 3.8) is 0 Å². The number of amides is 1. The molecule has 4 heteroatoms. The number of thiophene rings is 1. The van der Waals surface area contributed by atoms with E-state index in [1.54, 1.807) is 11.3 Å². The molecule has 0 radical (unpaired) electrons. The van der Waals surface area contributed by atoms with Crippen LogP contribution in [0.15, 0.2) is 41.1 Å². The highest BCUT2D eigenvalue weighted by molar-refractivity contribution is 7.07. The summed E-state index contributed by atoms with van der Waals surface area (Å²) in [6.07, 6.45) is 0.862. The Kier molecular flexibility index (Phi) is 6.01. The van der Waals surface area contributed by atoms with E-state index in [4.69, 9.17) is 5.11 Å². The second-order valence-corrected chi connectivity index (χ2v) is 5.30. The van der Waals surface area contributed by atoms with Crippen LogP contribution in [0.1, 0.15) is 23.1 Å². The highest BCUT2D eigenvalue weighted by atomic mass is 32.1. The van der Waals surface area contributed by atoms with E-state index in [0.29, 0.717) is 19.4 Å². The Morgan fingerprint density at radius 1 is 1.29 bits per heavy atom. The molecule has 0 unspecified atom stereocenters. The first-order chi connectivity index (χ1) is 10.3. The lowest BCUT2D eigenvalue weighted by Crippen LogP contribution is -2.24. The summed E-state index contributed by atoms with van der Waals surface area (Å²) in [4.78, 5) is 11.9. The standard InChI is InChI=1S/C17H17NO2S/c19-9-4-3-6-15-5-1-2-7-16(15)12-18-17(20)11-14-8-10-21-13-14/h1-2,5,7-8,10,13,19H,4,9,11-12H2,(H,18,20). The highest BCUT2D eigenvalue weighted by Gasteiger charge is 2.05. The van der Waals surface area contributed by atoms with Gasteiger partial charge in [-0.3, -0.25) is 4.79 Å². The molecular weight excluding hydrogens is 282 g/mol. The molecule has 1 amide bonds. The van der Waals surface area contributed by atoms with E-state index in [2.05, 4.69) is 17.2 Å². The molecular formula is C17H17NO2S. The second kappa shape index (κ2) is 8.25. The Bertz CT molecular complexity index is 638. The predicted molar refractivity (Wildman–Crippen MR) is 84.9 cm³/mol. The summed E-state index contributed by atoms with van der Waals surface area (Å²) in [7, 11) is 0. The van der Waals surface area contributed by atoms with Gasteiger partial charge in [-0.25, -0.2) is 0 Å². The summed E-state index contributed by atoms with van der Waals surface area (Å²) < 4.78 is 0. The van der Waals surface area contributed by atoms with Gasteiger partial charge in [0.25, 0.3) is 0 Å². The summed E-state index contributed by atoms with van der Waals surface area (Å²) in [6.45, 7) is 0.527. The Balaban J connectivity index is 1.94. The van der Waals surface area contributed by atoms with Crippen LogP contribution in [0.25, 0.3) is 0 Å². The minimum atomic E-state index is 0.00604. The van der Waals surface area contributed by atoms with Gasteiger partial charge in [0.2, 0.25) is 5.91 Å². The van der Waals surface area contributed by atoms with Crippen molar-refractivity contribution in [3.05, 3.63) is 57.8 Å². The van der Waals surface area contributed by atoms with Crippen molar-refractivity contribution in [2.24, 2.45) is 0 Å². The number of carbonyl (C=O) groups is 1. The van der Waals surface area contributed by atoms with Gasteiger partial charge in [-0.2, -0.15) is 11.3 Å². The van der Waals surface area contributed by atoms with Gasteiger partial charge in [-0.1, -0.05) is 30.0 Å². The van der Waals surface area contributed by atoms with E-state index < -0.39 is 0 Å². The second-order valence-electron chi connectivity index (χ2n) is 4.52. The molecule has 2 aromatic rings. The van der Waals surface area contributed by atoms with Gasteiger partial charge in [-0.15, -0.1) is 0 Å². The first kappa shape index (κ1) is 15.3. The molecule has 0 spiro atoms. The van der Waals surface area contributed by atoms with Gasteiger partial charge in [-0.05, 0) is 34.0 Å². The molecule has 0 bridgehead atoms. The number of carbonyl (C=O) groups excluding carboxylic acids is 1. The number of nitrogens with one attached hydrogen (secondary N) is 1. The van der Waals surface area contributed by atoms with Gasteiger partial charge in [0.05, 0.1) is 13.0 Å². The third kappa shape index (κ3) is 5.07. The summed E-state index contributed by atoms with van der Waals surface area (Å²) in [5.74, 6) is 5.93. The minimum absolute atomic E-state index is 0.00604. The molecule has 0 saturated carbocycles. The van der Waals surface area contributed by atoms with E-state index in [0.717, 1.165) is 16.7 Å². The van der Waals surface area contributed by atoms with Crippen molar-refractivity contribution in [2.75, 3.05) is 6.61 Å². The van der Waals surface area contributed by atoms with Gasteiger partial charge >= 0.3 is 0 Å². The zero-order valence-electron chi connectivity index (χ0n) is 11.6. The Morgan fingerprint density at radius 2 is 2.14 bits per heavy atom. The number of rotatable bonds is 5. The zero-order valence-corrected chi connectivity index (χ0v) is 12.5. The Hall–Kier alpha value is -2.09.